The first-order chi connectivity index (χ1) is 11.5. The van der Waals surface area contributed by atoms with E-state index in [1.807, 2.05) is 0 Å². The van der Waals surface area contributed by atoms with Gasteiger partial charge in [0.15, 0.2) is 0 Å². The van der Waals surface area contributed by atoms with Crippen LogP contribution in [0.4, 0.5) is 0 Å². The molecule has 4 rings (SSSR count). The van der Waals surface area contributed by atoms with Crippen molar-refractivity contribution in [1.29, 1.82) is 0 Å². The van der Waals surface area contributed by atoms with Gasteiger partial charge < -0.3 is 4.52 Å². The lowest BCUT2D eigenvalue weighted by Crippen LogP contribution is -2.40. The molecule has 2 atom stereocenters. The van der Waals surface area contributed by atoms with E-state index in [1.54, 1.807) is 0 Å². The molecular formula is C21H26NOP. The fourth-order valence-electron chi connectivity index (χ4n) is 4.18. The van der Waals surface area contributed by atoms with Crippen LogP contribution in [0.15, 0.2) is 60.7 Å². The lowest BCUT2D eigenvalue weighted by molar-refractivity contribution is 0.111. The largest absolute Gasteiger partial charge is 0.326 e. The van der Waals surface area contributed by atoms with Crippen molar-refractivity contribution < 1.29 is 4.52 Å². The summed E-state index contributed by atoms with van der Waals surface area (Å²) in [5, 5.41) is 0.156. The SMILES string of the molecule is CC(C)(C)P1OC(c2ccccc2)(c2ccccc2)[C@@H]2CCCN21. The Morgan fingerprint density at radius 2 is 1.50 bits per heavy atom. The van der Waals surface area contributed by atoms with Crippen LogP contribution < -0.4 is 0 Å². The molecule has 0 saturated carbocycles. The third-order valence-corrected chi connectivity index (χ3v) is 7.69. The zero-order valence-electron chi connectivity index (χ0n) is 14.8. The molecule has 2 saturated heterocycles. The highest BCUT2D eigenvalue weighted by atomic mass is 31.2. The summed E-state index contributed by atoms with van der Waals surface area (Å²) in [7, 11) is -0.628. The molecule has 0 amide bonds. The first kappa shape index (κ1) is 16.3. The van der Waals surface area contributed by atoms with Gasteiger partial charge in [0.1, 0.15) is 13.9 Å². The highest BCUT2D eigenvalue weighted by Gasteiger charge is 2.59. The van der Waals surface area contributed by atoms with E-state index in [0.29, 0.717) is 6.04 Å². The molecule has 2 aliphatic heterocycles. The Bertz CT molecular complexity index is 655. The Hall–Kier alpha value is -1.21. The zero-order valence-corrected chi connectivity index (χ0v) is 15.7. The van der Waals surface area contributed by atoms with E-state index >= 15 is 0 Å². The molecule has 2 aromatic rings. The van der Waals surface area contributed by atoms with Gasteiger partial charge in [0.05, 0.1) is 6.04 Å². The standard InChI is InChI=1S/C21H26NOP/c1-20(2,3)24-22-16-10-15-19(22)21(23-24,17-11-6-4-7-12-17)18-13-8-5-9-14-18/h4-9,11-14,19H,10,15-16H2,1-3H3/t19-,24?/m0/s1. The van der Waals surface area contributed by atoms with E-state index in [0.717, 1.165) is 6.54 Å². The smallest absolute Gasteiger partial charge is 0.140 e. The van der Waals surface area contributed by atoms with Crippen LogP contribution in [0.3, 0.4) is 0 Å². The summed E-state index contributed by atoms with van der Waals surface area (Å²) >= 11 is 0. The van der Waals surface area contributed by atoms with Crippen LogP contribution in [0.2, 0.25) is 0 Å². The lowest BCUT2D eigenvalue weighted by atomic mass is 9.79. The van der Waals surface area contributed by atoms with Crippen molar-refractivity contribution in [3.63, 3.8) is 0 Å². The molecule has 24 heavy (non-hydrogen) atoms. The molecule has 2 nitrogen and oxygen atoms in total. The minimum atomic E-state index is -0.628. The number of hydrogen-bond acceptors (Lipinski definition) is 2. The van der Waals surface area contributed by atoms with Crippen LogP contribution in [0.5, 0.6) is 0 Å². The second-order valence-electron chi connectivity index (χ2n) is 7.82. The summed E-state index contributed by atoms with van der Waals surface area (Å²) in [5.41, 5.74) is 2.25. The fourth-order valence-corrected chi connectivity index (χ4v) is 6.79. The lowest BCUT2D eigenvalue weighted by Gasteiger charge is -2.35. The molecule has 0 bridgehead atoms. The highest BCUT2D eigenvalue weighted by molar-refractivity contribution is 7.52. The summed E-state index contributed by atoms with van der Waals surface area (Å²) in [6.45, 7) is 8.12. The van der Waals surface area contributed by atoms with Crippen LogP contribution >= 0.6 is 8.30 Å². The third kappa shape index (κ3) is 2.44. The molecule has 0 spiro atoms. The van der Waals surface area contributed by atoms with Crippen molar-refractivity contribution in [2.24, 2.45) is 0 Å². The Balaban J connectivity index is 1.91. The monoisotopic (exact) mass is 339 g/mol. The summed E-state index contributed by atoms with van der Waals surface area (Å²) in [6, 6.07) is 22.1. The zero-order chi connectivity index (χ0) is 16.8. The van der Waals surface area contributed by atoms with Gasteiger partial charge in [0, 0.05) is 11.7 Å². The van der Waals surface area contributed by atoms with Crippen molar-refractivity contribution in [1.82, 2.24) is 4.67 Å². The molecule has 0 radical (unpaired) electrons. The summed E-state index contributed by atoms with van der Waals surface area (Å²) in [4.78, 5) is 0. The molecule has 2 fully saturated rings. The fraction of sp³-hybridized carbons (Fsp3) is 0.429. The molecular weight excluding hydrogens is 313 g/mol. The number of rotatable bonds is 2. The third-order valence-electron chi connectivity index (χ3n) is 5.14. The van der Waals surface area contributed by atoms with Crippen LogP contribution in [-0.2, 0) is 10.1 Å². The molecule has 3 heteroatoms. The average Bonchev–Trinajstić information content (AvgIpc) is 3.17. The second-order valence-corrected chi connectivity index (χ2v) is 10.4. The summed E-state index contributed by atoms with van der Waals surface area (Å²) < 4.78 is 9.72. The van der Waals surface area contributed by atoms with Crippen molar-refractivity contribution >= 4 is 8.30 Å². The molecule has 0 aliphatic carbocycles. The van der Waals surface area contributed by atoms with Gasteiger partial charge in [0.2, 0.25) is 0 Å². The predicted octanol–water partition coefficient (Wildman–Crippen LogP) is 5.54. The molecule has 0 aromatic heterocycles. The Labute approximate surface area is 146 Å². The van der Waals surface area contributed by atoms with Gasteiger partial charge >= 0.3 is 0 Å². The molecule has 0 N–H and O–H groups in total. The van der Waals surface area contributed by atoms with E-state index in [-0.39, 0.29) is 10.8 Å². The van der Waals surface area contributed by atoms with Gasteiger partial charge in [-0.15, -0.1) is 0 Å². The van der Waals surface area contributed by atoms with E-state index in [2.05, 4.69) is 86.1 Å². The number of benzene rings is 2. The van der Waals surface area contributed by atoms with Crippen molar-refractivity contribution in [2.45, 2.75) is 50.4 Å². The van der Waals surface area contributed by atoms with Crippen LogP contribution in [0, 0.1) is 0 Å². The van der Waals surface area contributed by atoms with E-state index in [9.17, 15) is 0 Å². The Morgan fingerprint density at radius 1 is 0.958 bits per heavy atom. The average molecular weight is 339 g/mol. The molecule has 2 aromatic carbocycles. The van der Waals surface area contributed by atoms with Gasteiger partial charge in [-0.1, -0.05) is 81.4 Å². The van der Waals surface area contributed by atoms with Gasteiger partial charge in [-0.05, 0) is 24.0 Å². The first-order valence-corrected chi connectivity index (χ1v) is 10.1. The number of nitrogens with zero attached hydrogens (tertiary/aromatic N) is 1. The highest BCUT2D eigenvalue weighted by Crippen LogP contribution is 2.69. The van der Waals surface area contributed by atoms with E-state index < -0.39 is 8.30 Å². The van der Waals surface area contributed by atoms with Gasteiger partial charge in [-0.2, -0.15) is 0 Å². The summed E-state index contributed by atoms with van der Waals surface area (Å²) in [5.74, 6) is 0. The Kier molecular flexibility index (Phi) is 4.03. The van der Waals surface area contributed by atoms with Gasteiger partial charge in [-0.3, -0.25) is 4.67 Å². The second kappa shape index (κ2) is 5.95. The Morgan fingerprint density at radius 3 is 2.00 bits per heavy atom. The molecule has 1 unspecified atom stereocenters. The van der Waals surface area contributed by atoms with Crippen molar-refractivity contribution in [3.05, 3.63) is 71.8 Å². The first-order valence-electron chi connectivity index (χ1n) is 8.90. The normalized spacial score (nSPS) is 26.5. The summed E-state index contributed by atoms with van der Waals surface area (Å²) in [6.07, 6.45) is 2.48. The van der Waals surface area contributed by atoms with Crippen molar-refractivity contribution in [3.8, 4) is 0 Å². The molecule has 2 heterocycles. The van der Waals surface area contributed by atoms with Crippen molar-refractivity contribution in [2.75, 3.05) is 6.54 Å². The van der Waals surface area contributed by atoms with E-state index in [1.165, 1.54) is 24.0 Å². The predicted molar refractivity (Wildman–Crippen MR) is 101 cm³/mol. The maximum atomic E-state index is 7.04. The maximum absolute atomic E-state index is 7.04. The number of fused-ring (bicyclic) bond motifs is 1. The van der Waals surface area contributed by atoms with Crippen LogP contribution in [-0.4, -0.2) is 22.4 Å². The molecule has 2 aliphatic rings. The van der Waals surface area contributed by atoms with Crippen LogP contribution in [0.1, 0.15) is 44.7 Å². The van der Waals surface area contributed by atoms with Gasteiger partial charge in [0.25, 0.3) is 0 Å². The number of hydrogen-bond donors (Lipinski definition) is 0. The quantitative estimate of drug-likeness (QED) is 0.667. The minimum Gasteiger partial charge on any atom is -0.326 e. The minimum absolute atomic E-state index is 0.156. The maximum Gasteiger partial charge on any atom is 0.140 e. The molecule has 126 valence electrons. The van der Waals surface area contributed by atoms with E-state index in [4.69, 9.17) is 4.52 Å². The van der Waals surface area contributed by atoms with Gasteiger partial charge in [-0.25, -0.2) is 0 Å². The van der Waals surface area contributed by atoms with Crippen LogP contribution in [0.25, 0.3) is 0 Å². The topological polar surface area (TPSA) is 12.5 Å².